The third kappa shape index (κ3) is 5.30. The maximum atomic E-state index is 11.7. The van der Waals surface area contributed by atoms with Gasteiger partial charge in [-0.1, -0.05) is 6.07 Å². The van der Waals surface area contributed by atoms with Gasteiger partial charge in [0.1, 0.15) is 11.8 Å². The molecule has 0 saturated carbocycles. The highest BCUT2D eigenvalue weighted by atomic mass is 32.2. The first-order chi connectivity index (χ1) is 17.8. The van der Waals surface area contributed by atoms with Crippen molar-refractivity contribution in [3.05, 3.63) is 103 Å². The van der Waals surface area contributed by atoms with Gasteiger partial charge in [0.05, 0.1) is 24.6 Å². The molecular formula is C27H27N5O3S2. The molecule has 8 nitrogen and oxygen atoms in total. The van der Waals surface area contributed by atoms with Gasteiger partial charge in [-0.3, -0.25) is 9.71 Å². The molecule has 2 N–H and O–H groups in total. The maximum Gasteiger partial charge on any atom is 0.229 e. The van der Waals surface area contributed by atoms with Crippen molar-refractivity contribution < 1.29 is 13.2 Å². The van der Waals surface area contributed by atoms with Crippen LogP contribution in [0, 0.1) is 0 Å². The number of ether oxygens (including phenoxy) is 1. The molecule has 37 heavy (non-hydrogen) atoms. The lowest BCUT2D eigenvalue weighted by molar-refractivity contribution is 0.340. The smallest absolute Gasteiger partial charge is 0.229 e. The summed E-state index contributed by atoms with van der Waals surface area (Å²) in [6.45, 7) is 2.57. The van der Waals surface area contributed by atoms with Crippen LogP contribution in [0.15, 0.2) is 91.3 Å². The molecule has 0 unspecified atom stereocenters. The molecule has 1 saturated heterocycles. The lowest BCUT2D eigenvalue weighted by Gasteiger charge is -2.29. The SMILES string of the molecule is CCOc1ccc(-n2cccc2[C@@H]2[C@@H](c3ccccn3)NC(=S)N2c2ccc(NS(C)(=O)=O)cc2)cc1. The normalized spacial score (nSPS) is 17.5. The minimum Gasteiger partial charge on any atom is -0.494 e. The molecule has 4 aromatic rings. The Morgan fingerprint density at radius 2 is 1.73 bits per heavy atom. The molecule has 2 aromatic carbocycles. The molecule has 0 aliphatic carbocycles. The minimum atomic E-state index is -3.38. The Morgan fingerprint density at radius 1 is 1.00 bits per heavy atom. The first kappa shape index (κ1) is 24.8. The Labute approximate surface area is 222 Å². The number of sulfonamides is 1. The zero-order valence-corrected chi connectivity index (χ0v) is 22.0. The van der Waals surface area contributed by atoms with Gasteiger partial charge in [0.25, 0.3) is 0 Å². The molecule has 2 aromatic heterocycles. The van der Waals surface area contributed by atoms with Crippen LogP contribution in [-0.2, 0) is 10.0 Å². The van der Waals surface area contributed by atoms with Crippen molar-refractivity contribution in [2.45, 2.75) is 19.0 Å². The summed E-state index contributed by atoms with van der Waals surface area (Å²) in [7, 11) is -3.38. The van der Waals surface area contributed by atoms with Gasteiger partial charge in [-0.05, 0) is 91.9 Å². The van der Waals surface area contributed by atoms with E-state index < -0.39 is 10.0 Å². The van der Waals surface area contributed by atoms with Crippen LogP contribution in [0.4, 0.5) is 11.4 Å². The summed E-state index contributed by atoms with van der Waals surface area (Å²) in [5, 5.41) is 4.02. The van der Waals surface area contributed by atoms with Crippen molar-refractivity contribution in [1.82, 2.24) is 14.9 Å². The van der Waals surface area contributed by atoms with Crippen molar-refractivity contribution in [3.63, 3.8) is 0 Å². The Morgan fingerprint density at radius 3 is 2.38 bits per heavy atom. The second kappa shape index (κ2) is 10.2. The van der Waals surface area contributed by atoms with E-state index in [4.69, 9.17) is 17.0 Å². The summed E-state index contributed by atoms with van der Waals surface area (Å²) in [6.07, 6.45) is 4.93. The monoisotopic (exact) mass is 533 g/mol. The lowest BCUT2D eigenvalue weighted by Crippen LogP contribution is -2.30. The van der Waals surface area contributed by atoms with Crippen molar-refractivity contribution in [1.29, 1.82) is 0 Å². The van der Waals surface area contributed by atoms with Crippen LogP contribution in [-0.4, -0.2) is 35.9 Å². The fourth-order valence-electron chi connectivity index (χ4n) is 4.58. The number of benzene rings is 2. The number of rotatable bonds is 8. The quantitative estimate of drug-likeness (QED) is 0.314. The highest BCUT2D eigenvalue weighted by Crippen LogP contribution is 2.42. The van der Waals surface area contributed by atoms with Crippen LogP contribution >= 0.6 is 12.2 Å². The summed E-state index contributed by atoms with van der Waals surface area (Å²) in [5.74, 6) is 0.819. The summed E-state index contributed by atoms with van der Waals surface area (Å²) >= 11 is 5.83. The third-order valence-electron chi connectivity index (χ3n) is 6.06. The van der Waals surface area contributed by atoms with Gasteiger partial charge in [0, 0.05) is 35.1 Å². The predicted molar refractivity (Wildman–Crippen MR) is 150 cm³/mol. The third-order valence-corrected chi connectivity index (χ3v) is 6.98. The molecular weight excluding hydrogens is 506 g/mol. The molecule has 1 aliphatic rings. The average molecular weight is 534 g/mol. The van der Waals surface area contributed by atoms with Crippen LogP contribution in [0.1, 0.15) is 30.4 Å². The molecule has 190 valence electrons. The zero-order chi connectivity index (χ0) is 26.0. The maximum absolute atomic E-state index is 11.7. The van der Waals surface area contributed by atoms with Gasteiger partial charge in [-0.25, -0.2) is 8.42 Å². The first-order valence-electron chi connectivity index (χ1n) is 11.8. The van der Waals surface area contributed by atoms with Crippen LogP contribution in [0.25, 0.3) is 5.69 Å². The Balaban J connectivity index is 1.57. The van der Waals surface area contributed by atoms with E-state index in [9.17, 15) is 8.42 Å². The number of thiocarbonyl (C=S) groups is 1. The molecule has 0 radical (unpaired) electrons. The number of pyridine rings is 1. The summed E-state index contributed by atoms with van der Waals surface area (Å²) < 4.78 is 33.6. The fourth-order valence-corrected chi connectivity index (χ4v) is 5.49. The number of nitrogens with one attached hydrogen (secondary N) is 2. The largest absolute Gasteiger partial charge is 0.494 e. The molecule has 0 spiro atoms. The Hall–Kier alpha value is -3.89. The number of hydrogen-bond donors (Lipinski definition) is 2. The standard InChI is InChI=1S/C27H27N5O3S2/c1-3-35-22-15-13-20(14-16-22)31-18-6-8-24(31)26-25(23-7-4-5-17-28-23)29-27(36)32(26)21-11-9-19(10-12-21)30-37(2,33)34/h4-18,25-26,30H,3H2,1-2H3,(H,29,36)/t25-,26-/m1/s1. The van der Waals surface area contributed by atoms with Gasteiger partial charge < -0.3 is 19.5 Å². The first-order valence-corrected chi connectivity index (χ1v) is 14.1. The van der Waals surface area contributed by atoms with E-state index >= 15 is 0 Å². The molecule has 1 fully saturated rings. The van der Waals surface area contributed by atoms with E-state index in [1.807, 2.05) is 73.8 Å². The van der Waals surface area contributed by atoms with E-state index in [0.29, 0.717) is 17.4 Å². The summed E-state index contributed by atoms with van der Waals surface area (Å²) in [5.41, 5.74) is 4.20. The van der Waals surface area contributed by atoms with Crippen molar-refractivity contribution in [3.8, 4) is 11.4 Å². The lowest BCUT2D eigenvalue weighted by atomic mass is 10.0. The van der Waals surface area contributed by atoms with Crippen LogP contribution in [0.2, 0.25) is 0 Å². The van der Waals surface area contributed by atoms with Crippen LogP contribution in [0.5, 0.6) is 5.75 Å². The second-order valence-electron chi connectivity index (χ2n) is 8.65. The Bertz CT molecular complexity index is 1490. The summed E-state index contributed by atoms with van der Waals surface area (Å²) in [4.78, 5) is 6.68. The van der Waals surface area contributed by atoms with E-state index in [0.717, 1.165) is 34.8 Å². The van der Waals surface area contributed by atoms with Crippen molar-refractivity contribution in [2.24, 2.45) is 0 Å². The number of aromatic nitrogens is 2. The van der Waals surface area contributed by atoms with Gasteiger partial charge in [-0.2, -0.15) is 0 Å². The molecule has 0 bridgehead atoms. The van der Waals surface area contributed by atoms with E-state index in [1.165, 1.54) is 0 Å². The fraction of sp³-hybridized carbons (Fsp3) is 0.185. The van der Waals surface area contributed by atoms with Gasteiger partial charge >= 0.3 is 0 Å². The molecule has 2 atom stereocenters. The van der Waals surface area contributed by atoms with Crippen molar-refractivity contribution >= 4 is 38.7 Å². The molecule has 5 rings (SSSR count). The zero-order valence-electron chi connectivity index (χ0n) is 20.4. The highest BCUT2D eigenvalue weighted by molar-refractivity contribution is 7.92. The molecule has 0 amide bonds. The molecule has 1 aliphatic heterocycles. The van der Waals surface area contributed by atoms with E-state index in [-0.39, 0.29) is 12.1 Å². The number of anilines is 2. The topological polar surface area (TPSA) is 88.5 Å². The van der Waals surface area contributed by atoms with E-state index in [1.54, 1.807) is 18.3 Å². The van der Waals surface area contributed by atoms with E-state index in [2.05, 4.69) is 30.6 Å². The van der Waals surface area contributed by atoms with Crippen LogP contribution in [0.3, 0.4) is 0 Å². The van der Waals surface area contributed by atoms with Crippen LogP contribution < -0.4 is 19.7 Å². The molecule has 10 heteroatoms. The van der Waals surface area contributed by atoms with Gasteiger partial charge in [0.15, 0.2) is 5.11 Å². The number of nitrogens with zero attached hydrogens (tertiary/aromatic N) is 3. The van der Waals surface area contributed by atoms with Gasteiger partial charge in [-0.15, -0.1) is 0 Å². The molecule has 3 heterocycles. The average Bonchev–Trinajstić information content (AvgIpc) is 3.49. The number of hydrogen-bond acceptors (Lipinski definition) is 5. The Kier molecular flexibility index (Phi) is 6.86. The predicted octanol–water partition coefficient (Wildman–Crippen LogP) is 4.82. The van der Waals surface area contributed by atoms with Crippen molar-refractivity contribution in [2.75, 3.05) is 22.5 Å². The highest BCUT2D eigenvalue weighted by Gasteiger charge is 2.42. The van der Waals surface area contributed by atoms with Gasteiger partial charge in [0.2, 0.25) is 10.0 Å². The minimum absolute atomic E-state index is 0.209. The summed E-state index contributed by atoms with van der Waals surface area (Å²) in [6, 6.07) is 24.7. The second-order valence-corrected chi connectivity index (χ2v) is 10.8.